The number of aryl methyl sites for hydroxylation is 2. The fourth-order valence-corrected chi connectivity index (χ4v) is 3.37. The topological polar surface area (TPSA) is 46.9 Å². The van der Waals surface area contributed by atoms with Gasteiger partial charge in [0, 0.05) is 0 Å². The number of nitrogens with one attached hydrogen (secondary N) is 1. The van der Waals surface area contributed by atoms with Crippen molar-refractivity contribution in [2.24, 2.45) is 0 Å². The molecule has 1 aromatic heterocycles. The number of hydrogen-bond donors (Lipinski definition) is 1. The number of fused-ring (bicyclic) bond motifs is 1. The Morgan fingerprint density at radius 2 is 1.85 bits per heavy atom. The molecule has 27 heavy (non-hydrogen) atoms. The molecule has 142 valence electrons. The second-order valence-corrected chi connectivity index (χ2v) is 7.16. The van der Waals surface area contributed by atoms with Crippen molar-refractivity contribution in [3.05, 3.63) is 69.8 Å². The molecule has 2 aromatic carbocycles. The smallest absolute Gasteiger partial charge is 0.266 e. The summed E-state index contributed by atoms with van der Waals surface area (Å²) in [7, 11) is 0. The number of hydrogen-bond acceptors (Lipinski definition) is 3. The van der Waals surface area contributed by atoms with E-state index in [0.717, 1.165) is 42.8 Å². The molecule has 0 unspecified atom stereocenters. The number of benzene rings is 2. The number of nitrogens with zero attached hydrogens (tertiary/aromatic N) is 2. The minimum Gasteiger partial charge on any atom is -0.307 e. The summed E-state index contributed by atoms with van der Waals surface area (Å²) in [5.41, 5.74) is 4.02. The SMILES string of the molecule is CCCCN[C@H](CC)c1nc2ccccc2c(=O)n1-c1ccc(C)c(C)c1. The summed E-state index contributed by atoms with van der Waals surface area (Å²) in [5.74, 6) is 0.792. The van der Waals surface area contributed by atoms with Crippen LogP contribution in [0.1, 0.15) is 56.1 Å². The monoisotopic (exact) mass is 363 g/mol. The summed E-state index contributed by atoms with van der Waals surface area (Å²) in [6.45, 7) is 9.40. The van der Waals surface area contributed by atoms with Gasteiger partial charge in [-0.3, -0.25) is 9.36 Å². The van der Waals surface area contributed by atoms with E-state index in [2.05, 4.69) is 45.1 Å². The second-order valence-electron chi connectivity index (χ2n) is 7.16. The zero-order valence-electron chi connectivity index (χ0n) is 16.7. The van der Waals surface area contributed by atoms with Gasteiger partial charge in [0.1, 0.15) is 5.82 Å². The van der Waals surface area contributed by atoms with Gasteiger partial charge in [-0.2, -0.15) is 0 Å². The molecule has 4 heteroatoms. The molecular weight excluding hydrogens is 334 g/mol. The van der Waals surface area contributed by atoms with Gasteiger partial charge >= 0.3 is 0 Å². The molecule has 0 saturated carbocycles. The summed E-state index contributed by atoms with van der Waals surface area (Å²) in [5, 5.41) is 4.25. The molecule has 1 N–H and O–H groups in total. The van der Waals surface area contributed by atoms with Crippen LogP contribution in [0.2, 0.25) is 0 Å². The van der Waals surface area contributed by atoms with Crippen molar-refractivity contribution >= 4 is 10.9 Å². The normalized spacial score (nSPS) is 12.4. The van der Waals surface area contributed by atoms with Crippen LogP contribution in [-0.4, -0.2) is 16.1 Å². The predicted molar refractivity (Wildman–Crippen MR) is 113 cm³/mol. The van der Waals surface area contributed by atoms with Crippen molar-refractivity contribution in [1.82, 2.24) is 14.9 Å². The first-order chi connectivity index (χ1) is 13.1. The van der Waals surface area contributed by atoms with Crippen molar-refractivity contribution in [3.63, 3.8) is 0 Å². The van der Waals surface area contributed by atoms with Gasteiger partial charge in [0.15, 0.2) is 0 Å². The highest BCUT2D eigenvalue weighted by Gasteiger charge is 2.19. The fraction of sp³-hybridized carbons (Fsp3) is 0.391. The van der Waals surface area contributed by atoms with Crippen LogP contribution in [0.3, 0.4) is 0 Å². The quantitative estimate of drug-likeness (QED) is 0.611. The van der Waals surface area contributed by atoms with Gasteiger partial charge in [-0.25, -0.2) is 4.98 Å². The molecule has 3 rings (SSSR count). The first kappa shape index (κ1) is 19.3. The Balaban J connectivity index is 2.23. The average Bonchev–Trinajstić information content (AvgIpc) is 2.68. The lowest BCUT2D eigenvalue weighted by molar-refractivity contribution is 0.476. The van der Waals surface area contributed by atoms with Crippen LogP contribution in [0.25, 0.3) is 16.6 Å². The third-order valence-corrected chi connectivity index (χ3v) is 5.19. The number of unbranched alkanes of at least 4 members (excludes halogenated alkanes) is 1. The van der Waals surface area contributed by atoms with E-state index in [-0.39, 0.29) is 11.6 Å². The van der Waals surface area contributed by atoms with Gasteiger partial charge in [-0.15, -0.1) is 0 Å². The summed E-state index contributed by atoms with van der Waals surface area (Å²) >= 11 is 0. The van der Waals surface area contributed by atoms with Crippen molar-refractivity contribution in [2.45, 2.75) is 53.0 Å². The van der Waals surface area contributed by atoms with Gasteiger partial charge < -0.3 is 5.32 Å². The number of rotatable bonds is 7. The Bertz CT molecular complexity index is 991. The number of aromatic nitrogens is 2. The van der Waals surface area contributed by atoms with Crippen molar-refractivity contribution in [1.29, 1.82) is 0 Å². The first-order valence-electron chi connectivity index (χ1n) is 9.89. The van der Waals surface area contributed by atoms with Gasteiger partial charge in [-0.1, -0.05) is 38.5 Å². The van der Waals surface area contributed by atoms with E-state index in [1.165, 1.54) is 11.1 Å². The van der Waals surface area contributed by atoms with E-state index in [9.17, 15) is 4.79 Å². The van der Waals surface area contributed by atoms with Gasteiger partial charge in [0.05, 0.1) is 22.6 Å². The highest BCUT2D eigenvalue weighted by atomic mass is 16.1. The first-order valence-corrected chi connectivity index (χ1v) is 9.89. The molecule has 3 aromatic rings. The maximum Gasteiger partial charge on any atom is 0.266 e. The molecule has 0 saturated heterocycles. The third-order valence-electron chi connectivity index (χ3n) is 5.19. The maximum absolute atomic E-state index is 13.4. The van der Waals surface area contributed by atoms with Crippen LogP contribution < -0.4 is 10.9 Å². The average molecular weight is 364 g/mol. The Kier molecular flexibility index (Phi) is 6.07. The lowest BCUT2D eigenvalue weighted by Gasteiger charge is -2.22. The van der Waals surface area contributed by atoms with Gasteiger partial charge in [-0.05, 0) is 68.6 Å². The molecule has 0 spiro atoms. The molecule has 0 aliphatic rings. The lowest BCUT2D eigenvalue weighted by Crippen LogP contribution is -2.31. The molecule has 0 fully saturated rings. The fourth-order valence-electron chi connectivity index (χ4n) is 3.37. The van der Waals surface area contributed by atoms with E-state index < -0.39 is 0 Å². The Morgan fingerprint density at radius 3 is 2.56 bits per heavy atom. The van der Waals surface area contributed by atoms with Crippen molar-refractivity contribution in [2.75, 3.05) is 6.54 Å². The van der Waals surface area contributed by atoms with Crippen LogP contribution in [-0.2, 0) is 0 Å². The highest BCUT2D eigenvalue weighted by Crippen LogP contribution is 2.22. The van der Waals surface area contributed by atoms with E-state index >= 15 is 0 Å². The molecule has 4 nitrogen and oxygen atoms in total. The van der Waals surface area contributed by atoms with Gasteiger partial charge in [0.2, 0.25) is 0 Å². The maximum atomic E-state index is 13.4. The summed E-state index contributed by atoms with van der Waals surface area (Å²) in [6, 6.07) is 13.8. The largest absolute Gasteiger partial charge is 0.307 e. The Labute approximate surface area is 161 Å². The van der Waals surface area contributed by atoms with E-state index in [4.69, 9.17) is 4.98 Å². The summed E-state index contributed by atoms with van der Waals surface area (Å²) < 4.78 is 1.79. The minimum atomic E-state index is -0.00501. The Morgan fingerprint density at radius 1 is 1.07 bits per heavy atom. The molecule has 0 aliphatic heterocycles. The summed E-state index contributed by atoms with van der Waals surface area (Å²) in [6.07, 6.45) is 3.12. The second kappa shape index (κ2) is 8.49. The summed E-state index contributed by atoms with van der Waals surface area (Å²) in [4.78, 5) is 18.3. The van der Waals surface area contributed by atoms with Gasteiger partial charge in [0.25, 0.3) is 5.56 Å². The van der Waals surface area contributed by atoms with Crippen molar-refractivity contribution < 1.29 is 0 Å². The van der Waals surface area contributed by atoms with Crippen LogP contribution in [0.5, 0.6) is 0 Å². The molecule has 0 radical (unpaired) electrons. The Hall–Kier alpha value is -2.46. The minimum absolute atomic E-state index is 0.00501. The van der Waals surface area contributed by atoms with Crippen LogP contribution in [0.4, 0.5) is 0 Å². The standard InChI is InChI=1S/C23H29N3O/c1-5-7-14-24-20(6-2)22-25-21-11-9-8-10-19(21)23(27)26(22)18-13-12-16(3)17(4)15-18/h8-13,15,20,24H,5-7,14H2,1-4H3/t20-/m1/s1. The molecule has 0 aliphatic carbocycles. The zero-order chi connectivity index (χ0) is 19.4. The van der Waals surface area contributed by atoms with E-state index in [1.54, 1.807) is 4.57 Å². The van der Waals surface area contributed by atoms with E-state index in [1.807, 2.05) is 30.3 Å². The number of para-hydroxylation sites is 1. The zero-order valence-corrected chi connectivity index (χ0v) is 16.7. The molecule has 1 heterocycles. The highest BCUT2D eigenvalue weighted by molar-refractivity contribution is 5.77. The molecular formula is C23H29N3O. The lowest BCUT2D eigenvalue weighted by atomic mass is 10.1. The predicted octanol–water partition coefficient (Wildman–Crippen LogP) is 4.84. The van der Waals surface area contributed by atoms with Crippen molar-refractivity contribution in [3.8, 4) is 5.69 Å². The van der Waals surface area contributed by atoms with Crippen LogP contribution in [0, 0.1) is 13.8 Å². The van der Waals surface area contributed by atoms with Crippen LogP contribution in [0.15, 0.2) is 47.3 Å². The molecule has 1 atom stereocenters. The molecule has 0 bridgehead atoms. The van der Waals surface area contributed by atoms with Crippen LogP contribution >= 0.6 is 0 Å². The third kappa shape index (κ3) is 3.96. The van der Waals surface area contributed by atoms with E-state index in [0.29, 0.717) is 5.39 Å². The molecule has 0 amide bonds.